The molecular formula is C19H21N3O4. The highest BCUT2D eigenvalue weighted by atomic mass is 16.5. The number of rotatable bonds is 4. The Morgan fingerprint density at radius 3 is 3.12 bits per heavy atom. The maximum absolute atomic E-state index is 12.4. The summed E-state index contributed by atoms with van der Waals surface area (Å²) in [6.45, 7) is 4.18. The molecule has 7 heteroatoms. The number of likely N-dealkylation sites (tertiary alicyclic amines) is 1. The van der Waals surface area contributed by atoms with Crippen molar-refractivity contribution in [3.63, 3.8) is 0 Å². The van der Waals surface area contributed by atoms with Crippen LogP contribution in [0.15, 0.2) is 33.5 Å². The normalized spacial score (nSPS) is 18.4. The second-order valence-electron chi connectivity index (χ2n) is 6.61. The molecule has 0 spiro atoms. The number of hydrogen-bond donors (Lipinski definition) is 1. The number of aromatic amines is 1. The monoisotopic (exact) mass is 355 g/mol. The second-order valence-corrected chi connectivity index (χ2v) is 6.61. The van der Waals surface area contributed by atoms with E-state index >= 15 is 0 Å². The summed E-state index contributed by atoms with van der Waals surface area (Å²) < 4.78 is 10.8. The predicted molar refractivity (Wildman–Crippen MR) is 96.8 cm³/mol. The summed E-state index contributed by atoms with van der Waals surface area (Å²) in [6, 6.07) is 7.48. The van der Waals surface area contributed by atoms with Crippen molar-refractivity contribution in [2.24, 2.45) is 5.92 Å². The largest absolute Gasteiger partial charge is 0.466 e. The van der Waals surface area contributed by atoms with Crippen LogP contribution in [0.5, 0.6) is 0 Å². The molecule has 1 aliphatic rings. The first-order valence-corrected chi connectivity index (χ1v) is 8.95. The number of ether oxygens (including phenoxy) is 1. The number of H-pyrrole nitrogens is 1. The zero-order chi connectivity index (χ0) is 18.1. The predicted octanol–water partition coefficient (Wildman–Crippen LogP) is 2.44. The molecule has 26 heavy (non-hydrogen) atoms. The summed E-state index contributed by atoms with van der Waals surface area (Å²) in [5.74, 6) is 0.322. The molecule has 1 aromatic carbocycles. The summed E-state index contributed by atoms with van der Waals surface area (Å²) >= 11 is 0. The van der Waals surface area contributed by atoms with Gasteiger partial charge >= 0.3 is 5.97 Å². The zero-order valence-corrected chi connectivity index (χ0v) is 14.7. The molecule has 1 fully saturated rings. The fourth-order valence-corrected chi connectivity index (χ4v) is 3.59. The lowest BCUT2D eigenvalue weighted by Crippen LogP contribution is -2.39. The lowest BCUT2D eigenvalue weighted by molar-refractivity contribution is -0.150. The molecule has 0 saturated carbocycles. The fourth-order valence-electron chi connectivity index (χ4n) is 3.59. The van der Waals surface area contributed by atoms with Crippen LogP contribution in [-0.2, 0) is 16.1 Å². The number of aromatic nitrogens is 2. The third-order valence-corrected chi connectivity index (χ3v) is 4.78. The van der Waals surface area contributed by atoms with Gasteiger partial charge < -0.3 is 14.1 Å². The van der Waals surface area contributed by atoms with Crippen molar-refractivity contribution in [2.45, 2.75) is 26.3 Å². The van der Waals surface area contributed by atoms with Crippen LogP contribution in [-0.4, -0.2) is 40.5 Å². The molecular weight excluding hydrogens is 334 g/mol. The maximum atomic E-state index is 12.4. The van der Waals surface area contributed by atoms with Crippen molar-refractivity contribution >= 4 is 28.0 Å². The van der Waals surface area contributed by atoms with Crippen LogP contribution in [0.4, 0.5) is 0 Å². The number of hydrogen-bond acceptors (Lipinski definition) is 6. The van der Waals surface area contributed by atoms with Crippen molar-refractivity contribution in [1.29, 1.82) is 0 Å². The Morgan fingerprint density at radius 2 is 2.27 bits per heavy atom. The van der Waals surface area contributed by atoms with Gasteiger partial charge in [-0.2, -0.15) is 0 Å². The van der Waals surface area contributed by atoms with E-state index in [-0.39, 0.29) is 23.0 Å². The maximum Gasteiger partial charge on any atom is 0.310 e. The number of nitrogens with one attached hydrogen (secondary N) is 1. The van der Waals surface area contributed by atoms with Gasteiger partial charge in [0, 0.05) is 11.9 Å². The molecule has 1 saturated heterocycles. The van der Waals surface area contributed by atoms with Crippen LogP contribution in [0.1, 0.15) is 25.6 Å². The standard InChI is InChI=1S/C19H21N3O4/c1-2-25-19(24)12-6-5-9-22(10-12)11-15-20-16-13-7-3-4-8-14(13)26-17(16)18(23)21-15/h3-4,7-8,12H,2,5-6,9-11H2,1H3,(H,20,21,23)/t12-/m0/s1. The number of carbonyl (C=O) groups excluding carboxylic acids is 1. The zero-order valence-electron chi connectivity index (χ0n) is 14.7. The van der Waals surface area contributed by atoms with Crippen molar-refractivity contribution in [3.05, 3.63) is 40.4 Å². The van der Waals surface area contributed by atoms with E-state index in [1.807, 2.05) is 31.2 Å². The first kappa shape index (κ1) is 16.8. The number of benzene rings is 1. The minimum absolute atomic E-state index is 0.117. The summed E-state index contributed by atoms with van der Waals surface area (Å²) in [5, 5.41) is 0.831. The van der Waals surface area contributed by atoms with Crippen molar-refractivity contribution in [3.8, 4) is 0 Å². The molecule has 1 N–H and O–H groups in total. The highest BCUT2D eigenvalue weighted by molar-refractivity contribution is 6.01. The van der Waals surface area contributed by atoms with Gasteiger partial charge in [0.2, 0.25) is 5.58 Å². The summed E-state index contributed by atoms with van der Waals surface area (Å²) in [5.41, 5.74) is 1.20. The van der Waals surface area contributed by atoms with Gasteiger partial charge in [-0.1, -0.05) is 12.1 Å². The number of carbonyl (C=O) groups is 1. The first-order chi connectivity index (χ1) is 12.7. The van der Waals surface area contributed by atoms with Gasteiger partial charge in [-0.3, -0.25) is 14.5 Å². The number of nitrogens with zero attached hydrogens (tertiary/aromatic N) is 2. The van der Waals surface area contributed by atoms with Crippen molar-refractivity contribution < 1.29 is 13.9 Å². The van der Waals surface area contributed by atoms with Gasteiger partial charge in [-0.15, -0.1) is 0 Å². The molecule has 0 bridgehead atoms. The highest BCUT2D eigenvalue weighted by Gasteiger charge is 2.27. The van der Waals surface area contributed by atoms with E-state index in [9.17, 15) is 9.59 Å². The van der Waals surface area contributed by atoms with Gasteiger partial charge in [0.05, 0.1) is 19.1 Å². The van der Waals surface area contributed by atoms with Crippen molar-refractivity contribution in [2.75, 3.05) is 19.7 Å². The second kappa shape index (κ2) is 6.92. The lowest BCUT2D eigenvalue weighted by Gasteiger charge is -2.30. The van der Waals surface area contributed by atoms with E-state index < -0.39 is 0 Å². The molecule has 1 aliphatic heterocycles. The Hall–Kier alpha value is -2.67. The number of fused-ring (bicyclic) bond motifs is 3. The van der Waals surface area contributed by atoms with E-state index in [1.165, 1.54) is 0 Å². The quantitative estimate of drug-likeness (QED) is 0.723. The van der Waals surface area contributed by atoms with Crippen LogP contribution < -0.4 is 5.56 Å². The van der Waals surface area contributed by atoms with Gasteiger partial charge in [-0.05, 0) is 38.4 Å². The number of furan rings is 1. The average Bonchev–Trinajstić information content (AvgIpc) is 3.02. The molecule has 0 unspecified atom stereocenters. The Morgan fingerprint density at radius 1 is 1.42 bits per heavy atom. The summed E-state index contributed by atoms with van der Waals surface area (Å²) in [4.78, 5) is 34.0. The van der Waals surface area contributed by atoms with Gasteiger partial charge in [0.25, 0.3) is 5.56 Å². The molecule has 2 aromatic heterocycles. The topological polar surface area (TPSA) is 88.4 Å². The molecule has 4 rings (SSSR count). The molecule has 3 aromatic rings. The summed E-state index contributed by atoms with van der Waals surface area (Å²) in [6.07, 6.45) is 1.76. The average molecular weight is 355 g/mol. The third-order valence-electron chi connectivity index (χ3n) is 4.78. The molecule has 3 heterocycles. The molecule has 0 aliphatic carbocycles. The Kier molecular flexibility index (Phi) is 4.46. The smallest absolute Gasteiger partial charge is 0.310 e. The SMILES string of the molecule is CCOC(=O)[C@H]1CCCN(Cc2nc3c(oc4ccccc43)c(=O)[nH]2)C1. The minimum Gasteiger partial charge on any atom is -0.466 e. The highest BCUT2D eigenvalue weighted by Crippen LogP contribution is 2.25. The Balaban J connectivity index is 1.60. The Labute approximate surface area is 150 Å². The van der Waals surface area contributed by atoms with E-state index in [1.54, 1.807) is 0 Å². The molecule has 0 radical (unpaired) electrons. The van der Waals surface area contributed by atoms with Gasteiger partial charge in [0.1, 0.15) is 16.9 Å². The van der Waals surface area contributed by atoms with E-state index in [0.29, 0.717) is 36.6 Å². The number of para-hydroxylation sites is 1. The summed E-state index contributed by atoms with van der Waals surface area (Å²) in [7, 11) is 0. The Bertz CT molecular complexity index is 1010. The molecule has 0 amide bonds. The number of esters is 1. The number of piperidine rings is 1. The molecule has 7 nitrogen and oxygen atoms in total. The molecule has 1 atom stereocenters. The van der Waals surface area contributed by atoms with E-state index in [4.69, 9.17) is 9.15 Å². The van der Waals surface area contributed by atoms with Gasteiger partial charge in [0.15, 0.2) is 0 Å². The van der Waals surface area contributed by atoms with Crippen molar-refractivity contribution in [1.82, 2.24) is 14.9 Å². The minimum atomic E-state index is -0.278. The van der Waals surface area contributed by atoms with Crippen LogP contribution >= 0.6 is 0 Å². The van der Waals surface area contributed by atoms with Crippen LogP contribution in [0, 0.1) is 5.92 Å². The lowest BCUT2D eigenvalue weighted by atomic mass is 9.98. The van der Waals surface area contributed by atoms with E-state index in [2.05, 4.69) is 14.9 Å². The molecule has 136 valence electrons. The third kappa shape index (κ3) is 3.10. The van der Waals surface area contributed by atoms with Crippen LogP contribution in [0.2, 0.25) is 0 Å². The van der Waals surface area contributed by atoms with Crippen LogP contribution in [0.3, 0.4) is 0 Å². The van der Waals surface area contributed by atoms with Crippen LogP contribution in [0.25, 0.3) is 22.1 Å². The first-order valence-electron chi connectivity index (χ1n) is 8.95. The fraction of sp³-hybridized carbons (Fsp3) is 0.421. The van der Waals surface area contributed by atoms with E-state index in [0.717, 1.165) is 24.8 Å². The van der Waals surface area contributed by atoms with Gasteiger partial charge in [-0.25, -0.2) is 4.98 Å².